The Morgan fingerprint density at radius 1 is 1.10 bits per heavy atom. The summed E-state index contributed by atoms with van der Waals surface area (Å²) in [5, 5.41) is 5.42. The van der Waals surface area contributed by atoms with Crippen molar-refractivity contribution in [1.82, 2.24) is 5.32 Å². The maximum atomic E-state index is 13.7. The first kappa shape index (κ1) is 22.4. The molecule has 0 saturated carbocycles. The van der Waals surface area contributed by atoms with E-state index < -0.39 is 30.7 Å². The third-order valence-corrected chi connectivity index (χ3v) is 4.22. The van der Waals surface area contributed by atoms with Gasteiger partial charge in [-0.05, 0) is 30.2 Å². The number of ether oxygens (including phenoxy) is 1. The van der Waals surface area contributed by atoms with Gasteiger partial charge in [0.15, 0.2) is 6.61 Å². The molecule has 0 atom stereocenters. The molecule has 154 valence electrons. The summed E-state index contributed by atoms with van der Waals surface area (Å²) < 4.78 is 18.6. The molecule has 2 amide bonds. The molecule has 0 bridgehead atoms. The van der Waals surface area contributed by atoms with Crippen LogP contribution in [0.2, 0.25) is 5.02 Å². The van der Waals surface area contributed by atoms with Crippen molar-refractivity contribution in [2.45, 2.75) is 20.3 Å². The molecule has 0 aliphatic heterocycles. The van der Waals surface area contributed by atoms with E-state index in [9.17, 15) is 18.8 Å². The SMILES string of the molecule is CC(C)CNC(=O)c1ccccc1NC(=O)COC(=O)Cc1c(F)cccc1Cl. The van der Waals surface area contributed by atoms with Crippen LogP contribution in [0.5, 0.6) is 0 Å². The van der Waals surface area contributed by atoms with Gasteiger partial charge in [-0.1, -0.05) is 43.6 Å². The molecular weight excluding hydrogens is 399 g/mol. The molecule has 0 radical (unpaired) electrons. The molecule has 0 fully saturated rings. The number of nitrogens with one attached hydrogen (secondary N) is 2. The average Bonchev–Trinajstić information content (AvgIpc) is 2.68. The van der Waals surface area contributed by atoms with E-state index in [4.69, 9.17) is 16.3 Å². The monoisotopic (exact) mass is 420 g/mol. The molecule has 0 saturated heterocycles. The summed E-state index contributed by atoms with van der Waals surface area (Å²) in [6.07, 6.45) is -0.396. The number of benzene rings is 2. The number of esters is 1. The second kappa shape index (κ2) is 10.6. The van der Waals surface area contributed by atoms with Gasteiger partial charge in [0.2, 0.25) is 0 Å². The van der Waals surface area contributed by atoms with Crippen molar-refractivity contribution in [2.75, 3.05) is 18.5 Å². The summed E-state index contributed by atoms with van der Waals surface area (Å²) in [5.41, 5.74) is 0.602. The van der Waals surface area contributed by atoms with Crippen LogP contribution in [0.15, 0.2) is 42.5 Å². The lowest BCUT2D eigenvalue weighted by molar-refractivity contribution is -0.146. The van der Waals surface area contributed by atoms with E-state index in [1.165, 1.54) is 18.2 Å². The third kappa shape index (κ3) is 6.87. The third-order valence-electron chi connectivity index (χ3n) is 3.86. The normalized spacial score (nSPS) is 10.5. The van der Waals surface area contributed by atoms with Crippen molar-refractivity contribution in [3.05, 3.63) is 64.4 Å². The maximum absolute atomic E-state index is 13.7. The van der Waals surface area contributed by atoms with Gasteiger partial charge in [0, 0.05) is 17.1 Å². The van der Waals surface area contributed by atoms with Gasteiger partial charge in [0.1, 0.15) is 5.82 Å². The Morgan fingerprint density at radius 2 is 1.83 bits per heavy atom. The molecule has 0 unspecified atom stereocenters. The lowest BCUT2D eigenvalue weighted by Crippen LogP contribution is -2.29. The molecule has 0 spiro atoms. The van der Waals surface area contributed by atoms with Crippen molar-refractivity contribution < 1.29 is 23.5 Å². The lowest BCUT2D eigenvalue weighted by Gasteiger charge is -2.13. The highest BCUT2D eigenvalue weighted by Crippen LogP contribution is 2.20. The minimum absolute atomic E-state index is 0.00624. The smallest absolute Gasteiger partial charge is 0.310 e. The second-order valence-electron chi connectivity index (χ2n) is 6.74. The van der Waals surface area contributed by atoms with Crippen molar-refractivity contribution in [3.8, 4) is 0 Å². The fourth-order valence-corrected chi connectivity index (χ4v) is 2.64. The summed E-state index contributed by atoms with van der Waals surface area (Å²) in [6, 6.07) is 10.6. The zero-order valence-electron chi connectivity index (χ0n) is 16.1. The van der Waals surface area contributed by atoms with Gasteiger partial charge in [-0.2, -0.15) is 0 Å². The van der Waals surface area contributed by atoms with Crippen molar-refractivity contribution >= 4 is 35.1 Å². The number of amides is 2. The predicted molar refractivity (Wildman–Crippen MR) is 108 cm³/mol. The number of anilines is 1. The standard InChI is InChI=1S/C21H22ClFN2O4/c1-13(2)11-24-21(28)14-6-3-4-9-18(14)25-19(26)12-29-20(27)10-15-16(22)7-5-8-17(15)23/h3-9,13H,10-12H2,1-2H3,(H,24,28)(H,25,26). The highest BCUT2D eigenvalue weighted by molar-refractivity contribution is 6.31. The Balaban J connectivity index is 1.93. The van der Waals surface area contributed by atoms with Crippen LogP contribution in [0.1, 0.15) is 29.8 Å². The summed E-state index contributed by atoms with van der Waals surface area (Å²) in [6.45, 7) is 3.86. The second-order valence-corrected chi connectivity index (χ2v) is 7.14. The predicted octanol–water partition coefficient (Wildman–Crippen LogP) is 3.59. The highest BCUT2D eigenvalue weighted by Gasteiger charge is 2.16. The Bertz CT molecular complexity index is 882. The highest BCUT2D eigenvalue weighted by atomic mass is 35.5. The molecule has 0 aromatic heterocycles. The number of carbonyl (C=O) groups excluding carboxylic acids is 3. The van der Waals surface area contributed by atoms with Gasteiger partial charge in [-0.25, -0.2) is 4.39 Å². The van der Waals surface area contributed by atoms with Crippen LogP contribution in [0, 0.1) is 11.7 Å². The van der Waals surface area contributed by atoms with E-state index in [0.717, 1.165) is 0 Å². The summed E-state index contributed by atoms with van der Waals surface area (Å²) in [4.78, 5) is 36.3. The van der Waals surface area contributed by atoms with Gasteiger partial charge in [-0.3, -0.25) is 14.4 Å². The van der Waals surface area contributed by atoms with E-state index >= 15 is 0 Å². The summed E-state index contributed by atoms with van der Waals surface area (Å²) in [5.74, 6) is -2.08. The zero-order chi connectivity index (χ0) is 21.4. The van der Waals surface area contributed by atoms with Crippen LogP contribution >= 0.6 is 11.6 Å². The van der Waals surface area contributed by atoms with Crippen LogP contribution in [-0.4, -0.2) is 30.9 Å². The van der Waals surface area contributed by atoms with E-state index in [0.29, 0.717) is 17.8 Å². The van der Waals surface area contributed by atoms with Gasteiger partial charge < -0.3 is 15.4 Å². The molecule has 0 aliphatic carbocycles. The number of hydrogen-bond acceptors (Lipinski definition) is 4. The molecule has 2 rings (SSSR count). The van der Waals surface area contributed by atoms with Gasteiger partial charge >= 0.3 is 5.97 Å². The first-order valence-corrected chi connectivity index (χ1v) is 9.41. The molecule has 2 aromatic carbocycles. The first-order valence-electron chi connectivity index (χ1n) is 9.03. The number of para-hydroxylation sites is 1. The fraction of sp³-hybridized carbons (Fsp3) is 0.286. The minimum Gasteiger partial charge on any atom is -0.455 e. The Hall–Kier alpha value is -2.93. The van der Waals surface area contributed by atoms with Crippen LogP contribution in [0.4, 0.5) is 10.1 Å². The van der Waals surface area contributed by atoms with Crippen LogP contribution < -0.4 is 10.6 Å². The summed E-state index contributed by atoms with van der Waals surface area (Å²) >= 11 is 5.87. The molecule has 0 aliphatic rings. The lowest BCUT2D eigenvalue weighted by atomic mass is 10.1. The molecule has 0 heterocycles. The van der Waals surface area contributed by atoms with Gasteiger partial charge in [0.05, 0.1) is 17.7 Å². The number of carbonyl (C=O) groups is 3. The van der Waals surface area contributed by atoms with E-state index in [1.54, 1.807) is 24.3 Å². The van der Waals surface area contributed by atoms with Crippen molar-refractivity contribution in [3.63, 3.8) is 0 Å². The largest absolute Gasteiger partial charge is 0.455 e. The molecule has 29 heavy (non-hydrogen) atoms. The van der Waals surface area contributed by atoms with Crippen molar-refractivity contribution in [1.29, 1.82) is 0 Å². The van der Waals surface area contributed by atoms with E-state index in [-0.39, 0.29) is 22.4 Å². The van der Waals surface area contributed by atoms with Crippen molar-refractivity contribution in [2.24, 2.45) is 5.92 Å². The number of rotatable bonds is 8. The zero-order valence-corrected chi connectivity index (χ0v) is 16.9. The molecule has 8 heteroatoms. The molecule has 6 nitrogen and oxygen atoms in total. The minimum atomic E-state index is -0.796. The molecule has 2 aromatic rings. The average molecular weight is 421 g/mol. The van der Waals surface area contributed by atoms with Gasteiger partial charge in [0.25, 0.3) is 11.8 Å². The topological polar surface area (TPSA) is 84.5 Å². The van der Waals surface area contributed by atoms with Gasteiger partial charge in [-0.15, -0.1) is 0 Å². The Morgan fingerprint density at radius 3 is 2.52 bits per heavy atom. The van der Waals surface area contributed by atoms with Crippen LogP contribution in [0.25, 0.3) is 0 Å². The van der Waals surface area contributed by atoms with Crippen LogP contribution in [-0.2, 0) is 20.7 Å². The van der Waals surface area contributed by atoms with Crippen LogP contribution in [0.3, 0.4) is 0 Å². The van der Waals surface area contributed by atoms with E-state index in [2.05, 4.69) is 10.6 Å². The number of halogens is 2. The van der Waals surface area contributed by atoms with E-state index in [1.807, 2.05) is 13.8 Å². The number of hydrogen-bond donors (Lipinski definition) is 2. The Labute approximate surface area is 173 Å². The quantitative estimate of drug-likeness (QED) is 0.639. The summed E-state index contributed by atoms with van der Waals surface area (Å²) in [7, 11) is 0. The molecule has 2 N–H and O–H groups in total. The first-order chi connectivity index (χ1) is 13.8. The Kier molecular flexibility index (Phi) is 8.15. The maximum Gasteiger partial charge on any atom is 0.310 e. The fourth-order valence-electron chi connectivity index (χ4n) is 2.41. The molecular formula is C21H22ClFN2O4.